The van der Waals surface area contributed by atoms with E-state index >= 15 is 0 Å². The van der Waals surface area contributed by atoms with Gasteiger partial charge in [-0.2, -0.15) is 0 Å². The van der Waals surface area contributed by atoms with Gasteiger partial charge in [0.05, 0.1) is 0 Å². The molecule has 0 bridgehead atoms. The lowest BCUT2D eigenvalue weighted by Crippen LogP contribution is -2.33. The first-order valence-corrected chi connectivity index (χ1v) is 14.4. The normalized spacial score (nSPS) is 15.1. The third-order valence-electron chi connectivity index (χ3n) is 7.15. The van der Waals surface area contributed by atoms with Gasteiger partial charge in [-0.3, -0.25) is 9.42 Å². The first kappa shape index (κ1) is 26.6. The van der Waals surface area contributed by atoms with Gasteiger partial charge in [0, 0.05) is 5.92 Å². The van der Waals surface area contributed by atoms with Gasteiger partial charge in [0.1, 0.15) is 11.4 Å². The first-order valence-electron chi connectivity index (χ1n) is 12.9. The Hall–Kier alpha value is -3.95. The van der Waals surface area contributed by atoms with Crippen LogP contribution in [0, 0.1) is 0 Å². The summed E-state index contributed by atoms with van der Waals surface area (Å²) in [5.41, 5.74) is 4.54. The molecule has 0 aromatic heterocycles. The van der Waals surface area contributed by atoms with E-state index in [-0.39, 0.29) is 11.7 Å². The predicted molar refractivity (Wildman–Crippen MR) is 158 cm³/mol. The van der Waals surface area contributed by atoms with Crippen molar-refractivity contribution in [1.82, 2.24) is 0 Å². The van der Waals surface area contributed by atoms with E-state index < -0.39 is 13.4 Å². The van der Waals surface area contributed by atoms with E-state index in [9.17, 15) is 9.46 Å². The third kappa shape index (κ3) is 5.89. The Bertz CT molecular complexity index is 1570. The molecule has 5 aromatic carbocycles. The van der Waals surface area contributed by atoms with E-state index in [2.05, 4.69) is 24.3 Å². The third-order valence-corrected chi connectivity index (χ3v) is 8.21. The van der Waals surface area contributed by atoms with Gasteiger partial charge in [-0.25, -0.2) is 4.57 Å². The van der Waals surface area contributed by atoms with E-state index in [1.807, 2.05) is 105 Å². The fourth-order valence-corrected chi connectivity index (χ4v) is 6.23. The van der Waals surface area contributed by atoms with Gasteiger partial charge in [0.15, 0.2) is 0 Å². The summed E-state index contributed by atoms with van der Waals surface area (Å²) in [4.78, 5) is 11.1. The highest BCUT2D eigenvalue weighted by atomic mass is 31.2. The molecule has 0 heterocycles. The maximum atomic E-state index is 13.6. The molecule has 0 saturated carbocycles. The van der Waals surface area contributed by atoms with Crippen molar-refractivity contribution in [2.24, 2.45) is 0 Å². The van der Waals surface area contributed by atoms with Crippen LogP contribution >= 0.6 is 7.82 Å². The van der Waals surface area contributed by atoms with Crippen LogP contribution in [0.2, 0.25) is 0 Å². The number of hydrogen-bond donors (Lipinski definition) is 1. The number of phosphoric acid groups is 1. The molecule has 0 saturated heterocycles. The van der Waals surface area contributed by atoms with E-state index in [0.717, 1.165) is 33.4 Å². The van der Waals surface area contributed by atoms with Crippen LogP contribution < -0.4 is 4.52 Å². The molecule has 0 fully saturated rings. The van der Waals surface area contributed by atoms with Crippen molar-refractivity contribution in [3.05, 3.63) is 151 Å². The highest BCUT2D eigenvalue weighted by molar-refractivity contribution is 7.47. The maximum Gasteiger partial charge on any atom is 0.528 e. The summed E-state index contributed by atoms with van der Waals surface area (Å²) < 4.78 is 25.4. The molecule has 3 unspecified atom stereocenters. The molecule has 1 N–H and O–H groups in total. The molecule has 0 aliphatic heterocycles. The number of rotatable bonds is 9. The lowest BCUT2D eigenvalue weighted by atomic mass is 9.75. The summed E-state index contributed by atoms with van der Waals surface area (Å²) in [5.74, 6) is -0.0852. The van der Waals surface area contributed by atoms with Gasteiger partial charge in [0.25, 0.3) is 0 Å². The van der Waals surface area contributed by atoms with Gasteiger partial charge in [0.2, 0.25) is 0 Å². The molecule has 5 rings (SSSR count). The number of phosphoric ester groups is 1. The zero-order valence-electron chi connectivity index (χ0n) is 22.0. The van der Waals surface area contributed by atoms with Crippen molar-refractivity contribution in [2.75, 3.05) is 0 Å². The second kappa shape index (κ2) is 11.4. The monoisotopic (exact) mass is 534 g/mol. The Balaban J connectivity index is 1.67. The van der Waals surface area contributed by atoms with E-state index in [4.69, 9.17) is 9.05 Å². The molecule has 0 spiro atoms. The summed E-state index contributed by atoms with van der Waals surface area (Å²) >= 11 is 0. The van der Waals surface area contributed by atoms with Gasteiger partial charge in [-0.1, -0.05) is 134 Å². The zero-order chi connectivity index (χ0) is 27.3. The summed E-state index contributed by atoms with van der Waals surface area (Å²) in [6, 6.07) is 44.7. The van der Waals surface area contributed by atoms with Crippen LogP contribution in [0.1, 0.15) is 30.9 Å². The molecule has 5 heteroatoms. The van der Waals surface area contributed by atoms with Crippen molar-refractivity contribution >= 4 is 7.82 Å². The van der Waals surface area contributed by atoms with Gasteiger partial charge >= 0.3 is 7.82 Å². The Morgan fingerprint density at radius 3 is 1.72 bits per heavy atom. The lowest BCUT2D eigenvalue weighted by molar-refractivity contribution is 0.0298. The SMILES string of the molecule is CC(c1ccccc1-c1ccccc1)C(C)(OP(=O)(O)Oc1ccccc1)c1ccccc1-c1ccccc1. The average molecular weight is 535 g/mol. The van der Waals surface area contributed by atoms with Crippen molar-refractivity contribution < 1.29 is 18.5 Å². The van der Waals surface area contributed by atoms with Crippen molar-refractivity contribution in [1.29, 1.82) is 0 Å². The summed E-state index contributed by atoms with van der Waals surface area (Å²) in [6.07, 6.45) is 0. The fraction of sp³-hybridized carbons (Fsp3) is 0.118. The molecular weight excluding hydrogens is 503 g/mol. The second-order valence-electron chi connectivity index (χ2n) is 9.66. The van der Waals surface area contributed by atoms with E-state index in [1.54, 1.807) is 24.3 Å². The van der Waals surface area contributed by atoms with Crippen LogP contribution in [0.5, 0.6) is 5.75 Å². The highest BCUT2D eigenvalue weighted by Crippen LogP contribution is 2.56. The average Bonchev–Trinajstić information content (AvgIpc) is 2.97. The summed E-state index contributed by atoms with van der Waals surface area (Å²) in [7, 11) is -4.57. The smallest absolute Gasteiger partial charge is 0.404 e. The zero-order valence-corrected chi connectivity index (χ0v) is 22.9. The molecule has 0 aliphatic carbocycles. The Morgan fingerprint density at radius 1 is 0.641 bits per heavy atom. The van der Waals surface area contributed by atoms with Crippen LogP contribution in [-0.4, -0.2) is 4.89 Å². The Labute approximate surface area is 230 Å². The number of para-hydroxylation sites is 1. The van der Waals surface area contributed by atoms with Crippen LogP contribution in [0.15, 0.2) is 140 Å². The largest absolute Gasteiger partial charge is 0.528 e. The molecule has 3 atom stereocenters. The highest BCUT2D eigenvalue weighted by Gasteiger charge is 2.45. The molecule has 0 aliphatic rings. The van der Waals surface area contributed by atoms with Crippen molar-refractivity contribution in [3.63, 3.8) is 0 Å². The molecule has 0 amide bonds. The first-order chi connectivity index (χ1) is 18.9. The quantitative estimate of drug-likeness (QED) is 0.192. The van der Waals surface area contributed by atoms with Crippen LogP contribution in [0.4, 0.5) is 0 Å². The van der Waals surface area contributed by atoms with Crippen molar-refractivity contribution in [2.45, 2.75) is 25.4 Å². The number of hydrogen-bond acceptors (Lipinski definition) is 3. The molecule has 39 heavy (non-hydrogen) atoms. The van der Waals surface area contributed by atoms with Gasteiger partial charge in [-0.05, 0) is 52.4 Å². The van der Waals surface area contributed by atoms with Crippen molar-refractivity contribution in [3.8, 4) is 28.0 Å². The fourth-order valence-electron chi connectivity index (χ4n) is 5.07. The minimum Gasteiger partial charge on any atom is -0.404 e. The van der Waals surface area contributed by atoms with Crippen LogP contribution in [0.25, 0.3) is 22.3 Å². The molecule has 0 radical (unpaired) electrons. The van der Waals surface area contributed by atoms with Gasteiger partial charge < -0.3 is 4.52 Å². The van der Waals surface area contributed by atoms with E-state index in [0.29, 0.717) is 0 Å². The lowest BCUT2D eigenvalue weighted by Gasteiger charge is -2.39. The molecular formula is C34H31O4P. The Kier molecular flexibility index (Phi) is 7.81. The minimum atomic E-state index is -4.57. The summed E-state index contributed by atoms with van der Waals surface area (Å²) in [6.45, 7) is 3.91. The summed E-state index contributed by atoms with van der Waals surface area (Å²) in [5, 5.41) is 0. The second-order valence-corrected chi connectivity index (χ2v) is 11.0. The van der Waals surface area contributed by atoms with E-state index in [1.165, 1.54) is 0 Å². The number of benzene rings is 5. The molecule has 4 nitrogen and oxygen atoms in total. The van der Waals surface area contributed by atoms with Gasteiger partial charge in [-0.15, -0.1) is 0 Å². The minimum absolute atomic E-state index is 0.263. The Morgan fingerprint density at radius 2 is 1.10 bits per heavy atom. The predicted octanol–water partition coefficient (Wildman–Crippen LogP) is 9.24. The van der Waals surface area contributed by atoms with Crippen LogP contribution in [-0.2, 0) is 14.7 Å². The topological polar surface area (TPSA) is 55.8 Å². The van der Waals surface area contributed by atoms with Crippen LogP contribution in [0.3, 0.4) is 0 Å². The standard InChI is InChI=1S/C34H31O4P/c1-26(30-22-12-13-23-31(30)27-16-6-3-7-17-27)34(2,38-39(35,36)37-29-20-10-5-11-21-29)33-25-15-14-24-32(33)28-18-8-4-9-19-28/h3-26H,1-2H3,(H,35,36). The molecule has 5 aromatic rings. The molecule has 196 valence electrons. The maximum absolute atomic E-state index is 13.6.